The monoisotopic (exact) mass is 389 g/mol. The number of hydrogen-bond acceptors (Lipinski definition) is 2. The van der Waals surface area contributed by atoms with Crippen LogP contribution < -0.4 is 10.1 Å². The third-order valence-electron chi connectivity index (χ3n) is 3.95. The van der Waals surface area contributed by atoms with E-state index in [1.165, 1.54) is 16.7 Å². The number of halogens is 1. The van der Waals surface area contributed by atoms with Gasteiger partial charge >= 0.3 is 0 Å². The number of benzene rings is 2. The Balaban J connectivity index is 1.95. The zero-order chi connectivity index (χ0) is 17.7. The van der Waals surface area contributed by atoms with Gasteiger partial charge in [-0.05, 0) is 76.1 Å². The molecule has 1 N–H and O–H groups in total. The molecule has 24 heavy (non-hydrogen) atoms. The minimum atomic E-state index is -0.175. The summed E-state index contributed by atoms with van der Waals surface area (Å²) in [5, 5.41) is 2.87. The molecule has 0 aliphatic rings. The van der Waals surface area contributed by atoms with Crippen LogP contribution in [-0.4, -0.2) is 12.5 Å². The van der Waals surface area contributed by atoms with Crippen LogP contribution in [0.5, 0.6) is 5.75 Å². The number of rotatable bonds is 6. The van der Waals surface area contributed by atoms with E-state index in [-0.39, 0.29) is 12.5 Å². The topological polar surface area (TPSA) is 38.3 Å². The van der Waals surface area contributed by atoms with Gasteiger partial charge in [-0.3, -0.25) is 4.79 Å². The number of nitrogens with one attached hydrogen (secondary N) is 1. The zero-order valence-electron chi connectivity index (χ0n) is 14.7. The molecule has 0 saturated carbocycles. The van der Waals surface area contributed by atoms with Gasteiger partial charge in [0.05, 0.1) is 5.69 Å². The second-order valence-corrected chi connectivity index (χ2v) is 7.03. The van der Waals surface area contributed by atoms with Crippen LogP contribution in [0.4, 0.5) is 5.69 Å². The van der Waals surface area contributed by atoms with E-state index in [0.717, 1.165) is 16.6 Å². The quantitative estimate of drug-likeness (QED) is 0.711. The van der Waals surface area contributed by atoms with Gasteiger partial charge in [-0.25, -0.2) is 0 Å². The highest BCUT2D eigenvalue weighted by atomic mass is 79.9. The molecular formula is C20H24BrNO2. The van der Waals surface area contributed by atoms with E-state index in [1.807, 2.05) is 30.3 Å². The molecule has 128 valence electrons. The van der Waals surface area contributed by atoms with Crippen molar-refractivity contribution in [3.63, 3.8) is 0 Å². The molecule has 2 aromatic carbocycles. The maximum absolute atomic E-state index is 12.1. The van der Waals surface area contributed by atoms with E-state index in [4.69, 9.17) is 4.74 Å². The molecule has 0 radical (unpaired) electrons. The van der Waals surface area contributed by atoms with Gasteiger partial charge < -0.3 is 10.1 Å². The lowest BCUT2D eigenvalue weighted by Crippen LogP contribution is -2.20. The van der Waals surface area contributed by atoms with Gasteiger partial charge in [-0.15, -0.1) is 0 Å². The van der Waals surface area contributed by atoms with Crippen molar-refractivity contribution < 1.29 is 9.53 Å². The first-order chi connectivity index (χ1) is 11.4. The summed E-state index contributed by atoms with van der Waals surface area (Å²) in [5.41, 5.74) is 4.46. The highest BCUT2D eigenvalue weighted by Gasteiger charge is 2.09. The lowest BCUT2D eigenvalue weighted by atomic mass is 9.98. The van der Waals surface area contributed by atoms with Crippen LogP contribution in [0.2, 0.25) is 0 Å². The fourth-order valence-corrected chi connectivity index (χ4v) is 3.13. The Morgan fingerprint density at radius 3 is 2.54 bits per heavy atom. The van der Waals surface area contributed by atoms with Crippen LogP contribution in [0.1, 0.15) is 43.4 Å². The standard InChI is InChI=1S/C20H24BrNO2/c1-5-15-6-9-19(18(21)11-15)22-20(23)12-24-16-7-8-17(13(2)3)14(4)10-16/h6-11,13H,5,12H2,1-4H3,(H,22,23). The van der Waals surface area contributed by atoms with Crippen LogP contribution in [0.3, 0.4) is 0 Å². The fourth-order valence-electron chi connectivity index (χ4n) is 2.60. The van der Waals surface area contributed by atoms with Crippen LogP contribution in [0.15, 0.2) is 40.9 Å². The Morgan fingerprint density at radius 2 is 1.96 bits per heavy atom. The Morgan fingerprint density at radius 1 is 1.21 bits per heavy atom. The van der Waals surface area contributed by atoms with Crippen molar-refractivity contribution in [1.82, 2.24) is 0 Å². The predicted molar refractivity (Wildman–Crippen MR) is 103 cm³/mol. The van der Waals surface area contributed by atoms with Crippen LogP contribution >= 0.6 is 15.9 Å². The van der Waals surface area contributed by atoms with Crippen LogP contribution in [0.25, 0.3) is 0 Å². The van der Waals surface area contributed by atoms with E-state index >= 15 is 0 Å². The average molecular weight is 390 g/mol. The predicted octanol–water partition coefficient (Wildman–Crippen LogP) is 5.46. The third kappa shape index (κ3) is 4.84. The summed E-state index contributed by atoms with van der Waals surface area (Å²) in [6.07, 6.45) is 0.960. The minimum Gasteiger partial charge on any atom is -0.484 e. The molecule has 0 aliphatic heterocycles. The largest absolute Gasteiger partial charge is 0.484 e. The van der Waals surface area contributed by atoms with Crippen molar-refractivity contribution in [2.45, 2.75) is 40.0 Å². The van der Waals surface area contributed by atoms with E-state index in [2.05, 4.69) is 55.0 Å². The molecule has 0 aliphatic carbocycles. The number of carbonyl (C=O) groups excluding carboxylic acids is 1. The SMILES string of the molecule is CCc1ccc(NC(=O)COc2ccc(C(C)C)c(C)c2)c(Br)c1. The molecule has 1 amide bonds. The maximum atomic E-state index is 12.1. The Bertz CT molecular complexity index is 726. The molecule has 3 nitrogen and oxygen atoms in total. The Kier molecular flexibility index (Phi) is 6.44. The molecule has 0 atom stereocenters. The first-order valence-electron chi connectivity index (χ1n) is 8.22. The van der Waals surface area contributed by atoms with Crippen molar-refractivity contribution in [2.75, 3.05) is 11.9 Å². The molecule has 0 heterocycles. The molecule has 0 spiro atoms. The highest BCUT2D eigenvalue weighted by Crippen LogP contribution is 2.25. The second kappa shape index (κ2) is 8.34. The number of anilines is 1. The van der Waals surface area contributed by atoms with Crippen LogP contribution in [0, 0.1) is 6.92 Å². The van der Waals surface area contributed by atoms with Crippen molar-refractivity contribution in [3.8, 4) is 5.75 Å². The highest BCUT2D eigenvalue weighted by molar-refractivity contribution is 9.10. The van der Waals surface area contributed by atoms with E-state index in [9.17, 15) is 4.79 Å². The van der Waals surface area contributed by atoms with Gasteiger partial charge in [0.2, 0.25) is 0 Å². The Labute approximate surface area is 152 Å². The number of hydrogen-bond donors (Lipinski definition) is 1. The van der Waals surface area contributed by atoms with Gasteiger partial charge in [-0.1, -0.05) is 32.9 Å². The van der Waals surface area contributed by atoms with Crippen molar-refractivity contribution >= 4 is 27.5 Å². The molecule has 0 fully saturated rings. The zero-order valence-corrected chi connectivity index (χ0v) is 16.2. The number of aryl methyl sites for hydroxylation is 2. The van der Waals surface area contributed by atoms with Gasteiger partial charge in [0.25, 0.3) is 5.91 Å². The third-order valence-corrected chi connectivity index (χ3v) is 4.61. The molecule has 2 rings (SSSR count). The number of amides is 1. The summed E-state index contributed by atoms with van der Waals surface area (Å²) >= 11 is 3.49. The van der Waals surface area contributed by atoms with Gasteiger partial charge in [0.1, 0.15) is 5.75 Å². The fraction of sp³-hybridized carbons (Fsp3) is 0.350. The molecule has 0 unspecified atom stereocenters. The van der Waals surface area contributed by atoms with Gasteiger partial charge in [-0.2, -0.15) is 0 Å². The number of ether oxygens (including phenoxy) is 1. The van der Waals surface area contributed by atoms with Gasteiger partial charge in [0, 0.05) is 4.47 Å². The van der Waals surface area contributed by atoms with Gasteiger partial charge in [0.15, 0.2) is 6.61 Å². The molecule has 0 aromatic heterocycles. The summed E-state index contributed by atoms with van der Waals surface area (Å²) in [4.78, 5) is 12.1. The molecule has 0 bridgehead atoms. The van der Waals surface area contributed by atoms with Crippen LogP contribution in [-0.2, 0) is 11.2 Å². The normalized spacial score (nSPS) is 10.8. The summed E-state index contributed by atoms with van der Waals surface area (Å²) in [6.45, 7) is 8.48. The lowest BCUT2D eigenvalue weighted by Gasteiger charge is -2.13. The Hall–Kier alpha value is -1.81. The summed E-state index contributed by atoms with van der Waals surface area (Å²) in [7, 11) is 0. The molecule has 2 aromatic rings. The maximum Gasteiger partial charge on any atom is 0.262 e. The first kappa shape index (κ1) is 18.5. The smallest absolute Gasteiger partial charge is 0.262 e. The number of carbonyl (C=O) groups is 1. The van der Waals surface area contributed by atoms with Crippen molar-refractivity contribution in [3.05, 3.63) is 57.6 Å². The molecule has 4 heteroatoms. The first-order valence-corrected chi connectivity index (χ1v) is 9.01. The van der Waals surface area contributed by atoms with E-state index < -0.39 is 0 Å². The summed E-state index contributed by atoms with van der Waals surface area (Å²) in [5.74, 6) is 1.02. The minimum absolute atomic E-state index is 0.0115. The lowest BCUT2D eigenvalue weighted by molar-refractivity contribution is -0.118. The van der Waals surface area contributed by atoms with E-state index in [0.29, 0.717) is 11.7 Å². The summed E-state index contributed by atoms with van der Waals surface area (Å²) < 4.78 is 6.49. The average Bonchev–Trinajstić information content (AvgIpc) is 2.54. The molecule has 0 saturated heterocycles. The van der Waals surface area contributed by atoms with Crippen molar-refractivity contribution in [1.29, 1.82) is 0 Å². The summed E-state index contributed by atoms with van der Waals surface area (Å²) in [6, 6.07) is 11.9. The molecular weight excluding hydrogens is 366 g/mol. The van der Waals surface area contributed by atoms with Crippen molar-refractivity contribution in [2.24, 2.45) is 0 Å². The van der Waals surface area contributed by atoms with E-state index in [1.54, 1.807) is 0 Å². The second-order valence-electron chi connectivity index (χ2n) is 6.18.